The second kappa shape index (κ2) is 11.8. The van der Waals surface area contributed by atoms with Gasteiger partial charge in [0.05, 0.1) is 25.9 Å². The minimum Gasteiger partial charge on any atom is -0.493 e. The molecule has 6 rings (SSSR count). The topological polar surface area (TPSA) is 69.7 Å². The molecule has 3 aliphatic carbocycles. The number of nitrogens with zero attached hydrogens (tertiary/aromatic N) is 1. The smallest absolute Gasteiger partial charge is 0.416 e. The van der Waals surface area contributed by atoms with E-state index in [-0.39, 0.29) is 36.3 Å². The Kier molecular flexibility index (Phi) is 8.19. The van der Waals surface area contributed by atoms with E-state index in [9.17, 15) is 18.0 Å². The average Bonchev–Trinajstić information content (AvgIpc) is 3.67. The zero-order valence-corrected chi connectivity index (χ0v) is 25.6. The summed E-state index contributed by atoms with van der Waals surface area (Å²) in [4.78, 5) is 18.1. The van der Waals surface area contributed by atoms with Gasteiger partial charge in [-0.15, -0.1) is 0 Å². The van der Waals surface area contributed by atoms with E-state index < -0.39 is 11.7 Å². The predicted octanol–water partition coefficient (Wildman–Crippen LogP) is 7.45. The molecule has 0 aliphatic heterocycles. The summed E-state index contributed by atoms with van der Waals surface area (Å²) in [5.41, 5.74) is 1.19. The first kappa shape index (κ1) is 29.9. The van der Waals surface area contributed by atoms with Gasteiger partial charge >= 0.3 is 6.18 Å². The maximum atomic E-state index is 13.6. The molecule has 0 saturated heterocycles. The molecule has 3 aromatic rings. The lowest BCUT2D eigenvalue weighted by molar-refractivity contribution is -0.137. The van der Waals surface area contributed by atoms with Gasteiger partial charge in [0.2, 0.25) is 0 Å². The molecule has 4 unspecified atom stereocenters. The first-order valence-electron chi connectivity index (χ1n) is 14.5. The number of amides is 1. The van der Waals surface area contributed by atoms with Crippen molar-refractivity contribution in [2.45, 2.75) is 51.6 Å². The first-order chi connectivity index (χ1) is 20.6. The van der Waals surface area contributed by atoms with Gasteiger partial charge in [0.15, 0.2) is 17.2 Å². The maximum Gasteiger partial charge on any atom is 0.416 e. The van der Waals surface area contributed by atoms with Gasteiger partial charge in [0, 0.05) is 12.1 Å². The van der Waals surface area contributed by atoms with Gasteiger partial charge < -0.3 is 19.5 Å². The molecule has 1 amide bonds. The first-order valence-corrected chi connectivity index (χ1v) is 15.3. The Morgan fingerprint density at radius 3 is 2.56 bits per heavy atom. The van der Waals surface area contributed by atoms with Gasteiger partial charge in [-0.05, 0) is 87.5 Å². The Balaban J connectivity index is 1.10. The third kappa shape index (κ3) is 6.13. The van der Waals surface area contributed by atoms with E-state index in [4.69, 9.17) is 14.2 Å². The molecule has 3 fully saturated rings. The van der Waals surface area contributed by atoms with Crippen LogP contribution in [0.5, 0.6) is 11.5 Å². The summed E-state index contributed by atoms with van der Waals surface area (Å²) < 4.78 is 57.4. The minimum absolute atomic E-state index is 0.00408. The average molecular weight is 660 g/mol. The van der Waals surface area contributed by atoms with Crippen LogP contribution in [0.15, 0.2) is 65.3 Å². The third-order valence-electron chi connectivity index (χ3n) is 9.62. The molecule has 2 aromatic carbocycles. The van der Waals surface area contributed by atoms with Gasteiger partial charge in [-0.2, -0.15) is 13.2 Å². The van der Waals surface area contributed by atoms with E-state index in [1.807, 2.05) is 30.3 Å². The van der Waals surface area contributed by atoms with E-state index in [1.54, 1.807) is 12.1 Å². The molecule has 3 aliphatic rings. The van der Waals surface area contributed by atoms with Crippen LogP contribution in [0.2, 0.25) is 0 Å². The molecule has 3 saturated carbocycles. The predicted molar refractivity (Wildman–Crippen MR) is 158 cm³/mol. The lowest BCUT2D eigenvalue weighted by Gasteiger charge is -2.53. The van der Waals surface area contributed by atoms with Crippen molar-refractivity contribution in [1.82, 2.24) is 10.3 Å². The molecule has 6 nitrogen and oxygen atoms in total. The normalized spacial score (nSPS) is 27.3. The van der Waals surface area contributed by atoms with Gasteiger partial charge in [0.25, 0.3) is 5.91 Å². The summed E-state index contributed by atoms with van der Waals surface area (Å²) in [6.45, 7) is 3.21. The summed E-state index contributed by atoms with van der Waals surface area (Å²) in [6, 6.07) is 16.6. The highest BCUT2D eigenvalue weighted by Gasteiger charge is 2.67. The Morgan fingerprint density at radius 1 is 1.05 bits per heavy atom. The van der Waals surface area contributed by atoms with Crippen LogP contribution in [0.1, 0.15) is 53.4 Å². The Bertz CT molecular complexity index is 1490. The number of carbonyl (C=O) groups is 1. The van der Waals surface area contributed by atoms with Gasteiger partial charge in [-0.3, -0.25) is 4.79 Å². The number of hydrogen-bond acceptors (Lipinski definition) is 5. The van der Waals surface area contributed by atoms with Crippen LogP contribution in [-0.2, 0) is 24.1 Å². The third-order valence-corrected chi connectivity index (χ3v) is 10.0. The van der Waals surface area contributed by atoms with Crippen molar-refractivity contribution in [2.24, 2.45) is 29.1 Å². The number of carbonyl (C=O) groups excluding carboxylic acids is 1. The highest BCUT2D eigenvalue weighted by atomic mass is 79.9. The highest BCUT2D eigenvalue weighted by molar-refractivity contribution is 9.10. The van der Waals surface area contributed by atoms with Crippen molar-refractivity contribution >= 4 is 21.8 Å². The summed E-state index contributed by atoms with van der Waals surface area (Å²) in [7, 11) is 1.53. The molecular weight excluding hydrogens is 625 g/mol. The molecular formula is C33H34BrF3N2O4. The van der Waals surface area contributed by atoms with E-state index in [1.165, 1.54) is 13.2 Å². The molecule has 0 radical (unpaired) electrons. The second-order valence-electron chi connectivity index (χ2n) is 12.2. The van der Waals surface area contributed by atoms with Crippen molar-refractivity contribution in [3.63, 3.8) is 0 Å². The Hall–Kier alpha value is -3.11. The van der Waals surface area contributed by atoms with E-state index >= 15 is 0 Å². The summed E-state index contributed by atoms with van der Waals surface area (Å²) in [5.74, 6) is 2.07. The number of pyridine rings is 1. The van der Waals surface area contributed by atoms with Gasteiger partial charge in [0.1, 0.15) is 11.2 Å². The number of rotatable bonds is 10. The van der Waals surface area contributed by atoms with Crippen LogP contribution in [0.25, 0.3) is 0 Å². The number of nitrogens with one attached hydrogen (secondary N) is 1. The monoisotopic (exact) mass is 658 g/mol. The molecule has 0 bridgehead atoms. The quantitative estimate of drug-likeness (QED) is 0.229. The molecule has 1 aromatic heterocycles. The zero-order chi connectivity index (χ0) is 30.4. The number of methoxy groups -OCH3 is 1. The molecule has 6 atom stereocenters. The summed E-state index contributed by atoms with van der Waals surface area (Å²) in [5, 5.41) is 3.22. The molecule has 1 N–H and O–H groups in total. The van der Waals surface area contributed by atoms with Crippen molar-refractivity contribution in [1.29, 1.82) is 0 Å². The highest BCUT2D eigenvalue weighted by Crippen LogP contribution is 2.72. The number of alkyl halides is 3. The number of fused-ring (bicyclic) bond motifs is 3. The number of halogens is 4. The molecule has 0 spiro atoms. The standard InChI is InChI=1S/C33H34BrF3N2O4/c1-32-15-25(32)21(18-42-16-20-9-6-10-22(11-20)33(35,36)37)12-23-24(32)13-26(23)38-31(40)29-30(27(41-2)14-28(34)39-29)43-17-19-7-4-3-5-8-19/h3-11,14,21,23-26H,12-13,15-18H2,1-2H3,(H,38,40)/t21-,23?,24?,25?,26?,32-/m1/s1. The molecule has 228 valence electrons. The number of aromatic nitrogens is 1. The van der Waals surface area contributed by atoms with Crippen molar-refractivity contribution in [3.8, 4) is 11.5 Å². The minimum atomic E-state index is -4.38. The lowest BCUT2D eigenvalue weighted by Crippen LogP contribution is -2.57. The van der Waals surface area contributed by atoms with E-state index in [0.717, 1.165) is 37.0 Å². The fraction of sp³-hybridized carbons (Fsp3) is 0.455. The van der Waals surface area contributed by atoms with Crippen molar-refractivity contribution in [3.05, 3.63) is 87.7 Å². The number of benzene rings is 2. The van der Waals surface area contributed by atoms with Crippen LogP contribution in [0.3, 0.4) is 0 Å². The van der Waals surface area contributed by atoms with Gasteiger partial charge in [-0.1, -0.05) is 49.4 Å². The fourth-order valence-corrected chi connectivity index (χ4v) is 7.65. The molecule has 43 heavy (non-hydrogen) atoms. The van der Waals surface area contributed by atoms with Crippen LogP contribution < -0.4 is 14.8 Å². The number of ether oxygens (including phenoxy) is 3. The van der Waals surface area contributed by atoms with Crippen LogP contribution in [-0.4, -0.2) is 30.6 Å². The van der Waals surface area contributed by atoms with Crippen LogP contribution in [0.4, 0.5) is 13.2 Å². The van der Waals surface area contributed by atoms with Gasteiger partial charge in [-0.25, -0.2) is 4.98 Å². The second-order valence-corrected chi connectivity index (χ2v) is 13.0. The van der Waals surface area contributed by atoms with Crippen molar-refractivity contribution < 1.29 is 32.2 Å². The fourth-order valence-electron chi connectivity index (χ4n) is 7.26. The Labute approximate surface area is 257 Å². The molecule has 1 heterocycles. The van der Waals surface area contributed by atoms with E-state index in [2.05, 4.69) is 33.2 Å². The van der Waals surface area contributed by atoms with E-state index in [0.29, 0.717) is 51.9 Å². The zero-order valence-electron chi connectivity index (χ0n) is 24.0. The maximum absolute atomic E-state index is 13.6. The number of hydrogen-bond donors (Lipinski definition) is 1. The largest absolute Gasteiger partial charge is 0.493 e. The molecule has 10 heteroatoms. The van der Waals surface area contributed by atoms with Crippen molar-refractivity contribution in [2.75, 3.05) is 13.7 Å². The lowest BCUT2D eigenvalue weighted by atomic mass is 9.55. The SMILES string of the molecule is COc1cc(Br)nc(C(=O)NC2CC3C2C[C@H](COCc2cccc(C(F)(F)F)c2)C2C[C@]32C)c1OCc1ccccc1. The summed E-state index contributed by atoms with van der Waals surface area (Å²) in [6.07, 6.45) is -1.44. The van der Waals surface area contributed by atoms with Crippen LogP contribution >= 0.6 is 15.9 Å². The Morgan fingerprint density at radius 2 is 1.81 bits per heavy atom. The summed E-state index contributed by atoms with van der Waals surface area (Å²) >= 11 is 3.39. The van der Waals surface area contributed by atoms with Crippen LogP contribution in [0, 0.1) is 29.1 Å².